The average Bonchev–Trinajstić information content (AvgIpc) is 2.72. The minimum absolute atomic E-state index is 0.0666. The standard InChI is InChI=1S/C19H17N5O4S/c1-14(15-6-5-11-20-13-15)21-22-18-10-9-17(12-19(18)24(25)26)29(27,28)23-16-7-3-2-4-8-16/h2-13,22-23H,1H3/b21-14-. The fraction of sp³-hybridized carbons (Fsp3) is 0.0526. The van der Waals surface area contributed by atoms with Crippen molar-refractivity contribution < 1.29 is 13.3 Å². The van der Waals surface area contributed by atoms with Crippen LogP contribution in [0.3, 0.4) is 0 Å². The highest BCUT2D eigenvalue weighted by atomic mass is 32.2. The molecule has 1 heterocycles. The monoisotopic (exact) mass is 411 g/mol. The molecule has 0 aliphatic rings. The summed E-state index contributed by atoms with van der Waals surface area (Å²) in [4.78, 5) is 14.6. The highest BCUT2D eigenvalue weighted by Crippen LogP contribution is 2.28. The number of nitrogens with one attached hydrogen (secondary N) is 2. The minimum Gasteiger partial charge on any atom is -0.280 e. The van der Waals surface area contributed by atoms with Crippen LogP contribution in [0.1, 0.15) is 12.5 Å². The van der Waals surface area contributed by atoms with Crippen molar-refractivity contribution in [1.29, 1.82) is 0 Å². The lowest BCUT2D eigenvalue weighted by Crippen LogP contribution is -2.13. The Labute approximate surface area is 167 Å². The zero-order valence-corrected chi connectivity index (χ0v) is 16.1. The molecule has 1 aromatic heterocycles. The van der Waals surface area contributed by atoms with E-state index in [1.54, 1.807) is 61.8 Å². The van der Waals surface area contributed by atoms with Crippen LogP contribution in [0.5, 0.6) is 0 Å². The van der Waals surface area contributed by atoms with Crippen LogP contribution in [0.25, 0.3) is 0 Å². The van der Waals surface area contributed by atoms with Crippen molar-refractivity contribution in [2.45, 2.75) is 11.8 Å². The summed E-state index contributed by atoms with van der Waals surface area (Å²) >= 11 is 0. The Morgan fingerprint density at radius 1 is 1.10 bits per heavy atom. The van der Waals surface area contributed by atoms with Crippen LogP contribution in [0.4, 0.5) is 17.1 Å². The van der Waals surface area contributed by atoms with Gasteiger partial charge in [-0.3, -0.25) is 25.2 Å². The maximum atomic E-state index is 12.6. The molecule has 0 saturated heterocycles. The summed E-state index contributed by atoms with van der Waals surface area (Å²) in [5, 5.41) is 15.6. The number of nitro benzene ring substituents is 1. The molecule has 3 aromatic rings. The zero-order valence-electron chi connectivity index (χ0n) is 15.3. The third-order valence-electron chi connectivity index (χ3n) is 3.93. The van der Waals surface area contributed by atoms with Crippen LogP contribution < -0.4 is 10.1 Å². The minimum atomic E-state index is -3.99. The quantitative estimate of drug-likeness (QED) is 0.347. The smallest absolute Gasteiger partial charge is 0.280 e. The van der Waals surface area contributed by atoms with E-state index >= 15 is 0 Å². The number of hydrazone groups is 1. The molecule has 29 heavy (non-hydrogen) atoms. The fourth-order valence-corrected chi connectivity index (χ4v) is 3.51. The molecule has 0 spiro atoms. The topological polar surface area (TPSA) is 127 Å². The number of rotatable bonds is 7. The van der Waals surface area contributed by atoms with Crippen LogP contribution in [0.2, 0.25) is 0 Å². The van der Waals surface area contributed by atoms with Gasteiger partial charge in [-0.05, 0) is 37.3 Å². The molecule has 3 rings (SSSR count). The molecule has 10 heteroatoms. The predicted octanol–water partition coefficient (Wildman–Crippen LogP) is 3.63. The van der Waals surface area contributed by atoms with Crippen LogP contribution in [0.15, 0.2) is 83.1 Å². The van der Waals surface area contributed by atoms with Crippen LogP contribution >= 0.6 is 0 Å². The van der Waals surface area contributed by atoms with Crippen molar-refractivity contribution in [2.75, 3.05) is 10.1 Å². The second-order valence-corrected chi connectivity index (χ2v) is 7.64. The third-order valence-corrected chi connectivity index (χ3v) is 5.30. The second kappa shape index (κ2) is 8.48. The summed E-state index contributed by atoms with van der Waals surface area (Å²) < 4.78 is 27.5. The normalized spacial score (nSPS) is 11.7. The predicted molar refractivity (Wildman–Crippen MR) is 110 cm³/mol. The average molecular weight is 411 g/mol. The number of pyridine rings is 1. The molecule has 0 saturated carbocycles. The van der Waals surface area contributed by atoms with E-state index in [9.17, 15) is 18.5 Å². The van der Waals surface area contributed by atoms with E-state index in [1.807, 2.05) is 0 Å². The van der Waals surface area contributed by atoms with Gasteiger partial charge < -0.3 is 0 Å². The third kappa shape index (κ3) is 4.93. The number of aromatic nitrogens is 1. The van der Waals surface area contributed by atoms with Gasteiger partial charge in [-0.25, -0.2) is 8.42 Å². The number of nitro groups is 1. The molecule has 2 aromatic carbocycles. The van der Waals surface area contributed by atoms with Gasteiger partial charge in [0.25, 0.3) is 15.7 Å². The Bertz CT molecular complexity index is 1150. The number of para-hydroxylation sites is 1. The van der Waals surface area contributed by atoms with E-state index in [2.05, 4.69) is 20.2 Å². The molecule has 9 nitrogen and oxygen atoms in total. The van der Waals surface area contributed by atoms with E-state index in [0.29, 0.717) is 11.4 Å². The molecular weight excluding hydrogens is 394 g/mol. The number of benzene rings is 2. The lowest BCUT2D eigenvalue weighted by atomic mass is 10.2. The van der Waals surface area contributed by atoms with Gasteiger partial charge in [-0.15, -0.1) is 0 Å². The summed E-state index contributed by atoms with van der Waals surface area (Å²) in [5.41, 5.74) is 3.94. The van der Waals surface area contributed by atoms with Gasteiger partial charge in [0.1, 0.15) is 5.69 Å². The molecule has 0 radical (unpaired) electrons. The largest absolute Gasteiger partial charge is 0.295 e. The summed E-state index contributed by atoms with van der Waals surface area (Å²) in [7, 11) is -3.99. The Kier molecular flexibility index (Phi) is 5.84. The van der Waals surface area contributed by atoms with E-state index < -0.39 is 20.6 Å². The second-order valence-electron chi connectivity index (χ2n) is 5.96. The Morgan fingerprint density at radius 3 is 2.52 bits per heavy atom. The van der Waals surface area contributed by atoms with E-state index in [-0.39, 0.29) is 10.6 Å². The van der Waals surface area contributed by atoms with Gasteiger partial charge in [0.15, 0.2) is 0 Å². The molecule has 0 atom stereocenters. The Hall–Kier alpha value is -3.79. The van der Waals surface area contributed by atoms with E-state index in [1.165, 1.54) is 12.1 Å². The maximum Gasteiger partial charge on any atom is 0.295 e. The van der Waals surface area contributed by atoms with Gasteiger partial charge in [0.2, 0.25) is 0 Å². The molecule has 0 aliphatic carbocycles. The van der Waals surface area contributed by atoms with Crippen LogP contribution in [-0.2, 0) is 10.0 Å². The number of hydrogen-bond acceptors (Lipinski definition) is 7. The van der Waals surface area contributed by atoms with E-state index in [4.69, 9.17) is 0 Å². The van der Waals surface area contributed by atoms with Crippen molar-refractivity contribution in [2.24, 2.45) is 5.10 Å². The zero-order chi connectivity index (χ0) is 20.9. The van der Waals surface area contributed by atoms with Crippen LogP contribution in [-0.4, -0.2) is 24.0 Å². The molecule has 0 amide bonds. The maximum absolute atomic E-state index is 12.6. The summed E-state index contributed by atoms with van der Waals surface area (Å²) in [6, 6.07) is 15.4. The molecule has 0 aliphatic heterocycles. The lowest BCUT2D eigenvalue weighted by molar-refractivity contribution is -0.384. The van der Waals surface area contributed by atoms with Gasteiger partial charge in [-0.1, -0.05) is 24.3 Å². The first-order chi connectivity index (χ1) is 13.9. The SMILES string of the molecule is C/C(=N/Nc1ccc(S(=O)(=O)Nc2ccccc2)cc1[N+](=O)[O-])c1cccnc1. The van der Waals surface area contributed by atoms with Crippen molar-refractivity contribution in [3.8, 4) is 0 Å². The van der Waals surface area contributed by atoms with Crippen molar-refractivity contribution >= 4 is 32.8 Å². The van der Waals surface area contributed by atoms with Crippen molar-refractivity contribution in [3.63, 3.8) is 0 Å². The van der Waals surface area contributed by atoms with E-state index in [0.717, 1.165) is 11.6 Å². The Balaban J connectivity index is 1.88. The highest BCUT2D eigenvalue weighted by Gasteiger charge is 2.21. The first kappa shape index (κ1) is 20.0. The van der Waals surface area contributed by atoms with Gasteiger partial charge >= 0.3 is 0 Å². The van der Waals surface area contributed by atoms with Crippen molar-refractivity contribution in [3.05, 3.63) is 88.7 Å². The lowest BCUT2D eigenvalue weighted by Gasteiger charge is -2.09. The molecule has 0 bridgehead atoms. The number of anilines is 2. The molecule has 148 valence electrons. The fourth-order valence-electron chi connectivity index (χ4n) is 2.43. The summed E-state index contributed by atoms with van der Waals surface area (Å²) in [6.07, 6.45) is 3.23. The first-order valence-electron chi connectivity index (χ1n) is 8.44. The molecule has 0 fully saturated rings. The number of hydrogen-bond donors (Lipinski definition) is 2. The Morgan fingerprint density at radius 2 is 1.86 bits per heavy atom. The molecular formula is C19H17N5O4S. The molecule has 0 unspecified atom stereocenters. The number of nitrogens with zero attached hydrogens (tertiary/aromatic N) is 3. The van der Waals surface area contributed by atoms with Gasteiger partial charge in [-0.2, -0.15) is 5.10 Å². The van der Waals surface area contributed by atoms with Crippen molar-refractivity contribution in [1.82, 2.24) is 4.98 Å². The summed E-state index contributed by atoms with van der Waals surface area (Å²) in [5.74, 6) is 0. The number of sulfonamides is 1. The van der Waals surface area contributed by atoms with Gasteiger partial charge in [0, 0.05) is 29.7 Å². The summed E-state index contributed by atoms with van der Waals surface area (Å²) in [6.45, 7) is 1.72. The van der Waals surface area contributed by atoms with Crippen LogP contribution in [0, 0.1) is 10.1 Å². The highest BCUT2D eigenvalue weighted by molar-refractivity contribution is 7.92. The first-order valence-corrected chi connectivity index (χ1v) is 9.92. The molecule has 2 N–H and O–H groups in total. The van der Waals surface area contributed by atoms with Gasteiger partial charge in [0.05, 0.1) is 15.5 Å².